The maximum atomic E-state index is 11.8. The second-order valence-corrected chi connectivity index (χ2v) is 7.03. The summed E-state index contributed by atoms with van der Waals surface area (Å²) in [7, 11) is 0. The average Bonchev–Trinajstić information content (AvgIpc) is 3.04. The number of carbonyl (C=O) groups excluding carboxylic acids is 1. The van der Waals surface area contributed by atoms with Crippen molar-refractivity contribution in [1.82, 2.24) is 10.2 Å². The number of aromatic nitrogens is 2. The standard InChI is InChI=1S/C20H34N2O2S/c1-2-3-4-5-6-7-8-9-10-11-12-13-14-15-16-17-18(23)19-21-22-20(25)24-19/h9-10H,2-8,11-17H2,1H3,(H,22,25). The number of ketones is 1. The van der Waals surface area contributed by atoms with E-state index >= 15 is 0 Å². The van der Waals surface area contributed by atoms with Gasteiger partial charge in [0, 0.05) is 6.42 Å². The van der Waals surface area contributed by atoms with E-state index in [2.05, 4.69) is 41.9 Å². The van der Waals surface area contributed by atoms with Crippen molar-refractivity contribution in [3.8, 4) is 0 Å². The van der Waals surface area contributed by atoms with E-state index in [0.717, 1.165) is 12.8 Å². The van der Waals surface area contributed by atoms with E-state index in [1.807, 2.05) is 0 Å². The van der Waals surface area contributed by atoms with Crippen LogP contribution in [0.25, 0.3) is 0 Å². The number of thiol groups is 1. The molecule has 0 atom stereocenters. The van der Waals surface area contributed by atoms with Gasteiger partial charge in [0.2, 0.25) is 5.78 Å². The molecule has 0 aliphatic heterocycles. The number of nitrogens with zero attached hydrogens (tertiary/aromatic N) is 2. The zero-order valence-electron chi connectivity index (χ0n) is 15.7. The minimum Gasteiger partial charge on any atom is -0.409 e. The first-order valence-corrected chi connectivity index (χ1v) is 10.4. The Bertz CT molecular complexity index is 486. The van der Waals surface area contributed by atoms with E-state index in [-0.39, 0.29) is 16.9 Å². The van der Waals surface area contributed by atoms with Crippen LogP contribution in [0.4, 0.5) is 0 Å². The maximum Gasteiger partial charge on any atom is 0.284 e. The van der Waals surface area contributed by atoms with Crippen molar-refractivity contribution < 1.29 is 9.21 Å². The van der Waals surface area contributed by atoms with Crippen molar-refractivity contribution in [3.05, 3.63) is 18.0 Å². The van der Waals surface area contributed by atoms with Gasteiger partial charge in [-0.15, -0.1) is 10.2 Å². The third-order valence-corrected chi connectivity index (χ3v) is 4.50. The Kier molecular flexibility index (Phi) is 13.3. The molecule has 0 N–H and O–H groups in total. The highest BCUT2D eigenvalue weighted by atomic mass is 32.1. The van der Waals surface area contributed by atoms with Crippen LogP contribution in [0.5, 0.6) is 0 Å². The predicted molar refractivity (Wildman–Crippen MR) is 105 cm³/mol. The summed E-state index contributed by atoms with van der Waals surface area (Å²) in [6, 6.07) is 0. The van der Waals surface area contributed by atoms with E-state index in [9.17, 15) is 4.79 Å². The molecule has 0 saturated carbocycles. The Hall–Kier alpha value is -1.10. The van der Waals surface area contributed by atoms with Crippen LogP contribution in [0.15, 0.2) is 21.8 Å². The molecule has 0 bridgehead atoms. The number of hydrogen-bond donors (Lipinski definition) is 1. The van der Waals surface area contributed by atoms with E-state index in [1.165, 1.54) is 70.6 Å². The lowest BCUT2D eigenvalue weighted by Crippen LogP contribution is -1.99. The molecule has 0 radical (unpaired) electrons. The van der Waals surface area contributed by atoms with Gasteiger partial charge in [0.15, 0.2) is 0 Å². The number of rotatable bonds is 16. The van der Waals surface area contributed by atoms with Crippen molar-refractivity contribution in [2.24, 2.45) is 0 Å². The number of allylic oxidation sites excluding steroid dienone is 2. The Morgan fingerprint density at radius 2 is 1.44 bits per heavy atom. The molecule has 0 aromatic carbocycles. The smallest absolute Gasteiger partial charge is 0.284 e. The molecule has 0 saturated heterocycles. The maximum absolute atomic E-state index is 11.8. The monoisotopic (exact) mass is 366 g/mol. The SMILES string of the molecule is CCCCCCCCC=CCCCCCCCC(=O)c1nnc(S)o1. The van der Waals surface area contributed by atoms with Crippen molar-refractivity contribution >= 4 is 18.4 Å². The third-order valence-electron chi connectivity index (χ3n) is 4.32. The van der Waals surface area contributed by atoms with Crippen LogP contribution >= 0.6 is 12.6 Å². The first kappa shape index (κ1) is 21.9. The van der Waals surface area contributed by atoms with E-state index in [1.54, 1.807) is 0 Å². The topological polar surface area (TPSA) is 56.0 Å². The van der Waals surface area contributed by atoms with Gasteiger partial charge in [-0.25, -0.2) is 0 Å². The number of unbranched alkanes of at least 4 members (excludes halogenated alkanes) is 11. The molecule has 1 aromatic heterocycles. The quantitative estimate of drug-likeness (QED) is 0.155. The molecule has 0 aliphatic carbocycles. The van der Waals surface area contributed by atoms with Gasteiger partial charge in [0.05, 0.1) is 0 Å². The highest BCUT2D eigenvalue weighted by molar-refractivity contribution is 7.80. The van der Waals surface area contributed by atoms with Gasteiger partial charge in [-0.1, -0.05) is 83.1 Å². The highest BCUT2D eigenvalue weighted by Crippen LogP contribution is 2.12. The second kappa shape index (κ2) is 15.2. The van der Waals surface area contributed by atoms with Crippen molar-refractivity contribution in [2.75, 3.05) is 0 Å². The lowest BCUT2D eigenvalue weighted by molar-refractivity contribution is 0.0940. The molecule has 0 fully saturated rings. The van der Waals surface area contributed by atoms with Crippen LogP contribution in [0, 0.1) is 0 Å². The van der Waals surface area contributed by atoms with Gasteiger partial charge in [-0.05, 0) is 32.1 Å². The van der Waals surface area contributed by atoms with E-state index in [4.69, 9.17) is 4.42 Å². The summed E-state index contributed by atoms with van der Waals surface area (Å²) in [6.45, 7) is 2.26. The first-order chi connectivity index (χ1) is 12.2. The lowest BCUT2D eigenvalue weighted by atomic mass is 10.1. The van der Waals surface area contributed by atoms with Crippen molar-refractivity contribution in [3.63, 3.8) is 0 Å². The molecule has 1 heterocycles. The van der Waals surface area contributed by atoms with Crippen LogP contribution in [0.1, 0.15) is 108 Å². The van der Waals surface area contributed by atoms with Crippen molar-refractivity contribution in [1.29, 1.82) is 0 Å². The summed E-state index contributed by atoms with van der Waals surface area (Å²) >= 11 is 3.90. The van der Waals surface area contributed by atoms with Gasteiger partial charge < -0.3 is 4.42 Å². The number of carbonyl (C=O) groups is 1. The molecular formula is C20H34N2O2S. The minimum absolute atomic E-state index is 0.0783. The average molecular weight is 367 g/mol. The summed E-state index contributed by atoms with van der Waals surface area (Å²) < 4.78 is 5.00. The van der Waals surface area contributed by atoms with Gasteiger partial charge in [-0.2, -0.15) is 0 Å². The normalized spacial score (nSPS) is 11.4. The third kappa shape index (κ3) is 12.0. The summed E-state index contributed by atoms with van der Waals surface area (Å²) in [4.78, 5) is 11.8. The van der Waals surface area contributed by atoms with Gasteiger partial charge >= 0.3 is 0 Å². The fourth-order valence-corrected chi connectivity index (χ4v) is 2.92. The molecule has 1 rings (SSSR count). The fraction of sp³-hybridized carbons (Fsp3) is 0.750. The molecule has 0 spiro atoms. The summed E-state index contributed by atoms with van der Waals surface area (Å²) in [5.74, 6) is 0.00549. The number of hydrogen-bond acceptors (Lipinski definition) is 5. The van der Waals surface area contributed by atoms with E-state index < -0.39 is 0 Å². The second-order valence-electron chi connectivity index (χ2n) is 6.65. The molecule has 0 amide bonds. The molecule has 5 heteroatoms. The summed E-state index contributed by atoms with van der Waals surface area (Å²) in [5, 5.41) is 7.38. The van der Waals surface area contributed by atoms with Gasteiger partial charge in [-0.3, -0.25) is 4.79 Å². The lowest BCUT2D eigenvalue weighted by Gasteiger charge is -1.99. The van der Waals surface area contributed by atoms with Crippen LogP contribution in [-0.2, 0) is 0 Å². The van der Waals surface area contributed by atoms with Gasteiger partial charge in [0.1, 0.15) is 0 Å². The van der Waals surface area contributed by atoms with Gasteiger partial charge in [0.25, 0.3) is 11.1 Å². The Balaban J connectivity index is 1.84. The molecule has 25 heavy (non-hydrogen) atoms. The Labute approximate surface area is 158 Å². The Morgan fingerprint density at radius 1 is 0.880 bits per heavy atom. The minimum atomic E-state index is -0.0783. The molecule has 0 unspecified atom stereocenters. The van der Waals surface area contributed by atoms with Crippen LogP contribution in [0.2, 0.25) is 0 Å². The summed E-state index contributed by atoms with van der Waals surface area (Å²) in [5.41, 5.74) is 0. The highest BCUT2D eigenvalue weighted by Gasteiger charge is 2.12. The van der Waals surface area contributed by atoms with Crippen LogP contribution in [-0.4, -0.2) is 16.0 Å². The van der Waals surface area contributed by atoms with E-state index in [0.29, 0.717) is 6.42 Å². The molecule has 4 nitrogen and oxygen atoms in total. The molecule has 142 valence electrons. The molecule has 1 aromatic rings. The first-order valence-electron chi connectivity index (χ1n) is 9.94. The largest absolute Gasteiger partial charge is 0.409 e. The zero-order valence-corrected chi connectivity index (χ0v) is 16.6. The number of Topliss-reactive ketones (excluding diaryl/α,β-unsaturated/α-hetero) is 1. The predicted octanol–water partition coefficient (Wildman–Crippen LogP) is 6.58. The Morgan fingerprint density at radius 3 is 2.00 bits per heavy atom. The van der Waals surface area contributed by atoms with Crippen LogP contribution < -0.4 is 0 Å². The molecule has 0 aliphatic rings. The molecular weight excluding hydrogens is 332 g/mol. The van der Waals surface area contributed by atoms with Crippen LogP contribution in [0.3, 0.4) is 0 Å². The zero-order chi connectivity index (χ0) is 18.2. The van der Waals surface area contributed by atoms with Crippen molar-refractivity contribution in [2.45, 2.75) is 102 Å². The summed E-state index contributed by atoms with van der Waals surface area (Å²) in [6.07, 6.45) is 21.4. The fourth-order valence-electron chi connectivity index (χ4n) is 2.79.